The Morgan fingerprint density at radius 3 is 1.90 bits per heavy atom. The second-order valence-electron chi connectivity index (χ2n) is 4.84. The molecular formula is C19H16FP. The fourth-order valence-electron chi connectivity index (χ4n) is 2.53. The van der Waals surface area contributed by atoms with E-state index in [4.69, 9.17) is 0 Å². The average molecular weight is 294 g/mol. The lowest BCUT2D eigenvalue weighted by Gasteiger charge is -2.28. The third kappa shape index (κ3) is 3.04. The smallest absolute Gasteiger partial charge is 0.0908 e. The second kappa shape index (κ2) is 6.65. The second-order valence-corrected chi connectivity index (χ2v) is 7.17. The van der Waals surface area contributed by atoms with Crippen LogP contribution in [0.1, 0.15) is 0 Å². The fourth-order valence-corrected chi connectivity index (χ4v) is 5.17. The average Bonchev–Trinajstić information content (AvgIpc) is 2.58. The molecule has 0 saturated heterocycles. The molecule has 0 bridgehead atoms. The zero-order valence-corrected chi connectivity index (χ0v) is 12.5. The molecule has 1 unspecified atom stereocenters. The standard InChI is InChI=1S/C19H16FP/c20-15-16-9-7-8-14-19(16)21(17-10-3-1-4-11-17)18-12-5-2-6-13-18/h1-15,19H. The van der Waals surface area contributed by atoms with E-state index < -0.39 is 7.92 Å². The van der Waals surface area contributed by atoms with Crippen molar-refractivity contribution < 1.29 is 4.39 Å². The Bertz CT molecular complexity index is 632. The van der Waals surface area contributed by atoms with Crippen molar-refractivity contribution >= 4 is 18.5 Å². The van der Waals surface area contributed by atoms with E-state index in [1.165, 1.54) is 10.6 Å². The molecule has 0 N–H and O–H groups in total. The zero-order valence-electron chi connectivity index (χ0n) is 11.6. The molecule has 2 aromatic rings. The first kappa shape index (κ1) is 14.0. The Hall–Kier alpha value is -1.98. The molecule has 1 atom stereocenters. The quantitative estimate of drug-likeness (QED) is 0.733. The topological polar surface area (TPSA) is 0 Å². The monoisotopic (exact) mass is 294 g/mol. The SMILES string of the molecule is FC=C1C=CC=CC1P(c1ccccc1)c1ccccc1. The molecule has 3 rings (SSSR count). The van der Waals surface area contributed by atoms with Gasteiger partial charge in [0, 0.05) is 5.66 Å². The summed E-state index contributed by atoms with van der Waals surface area (Å²) in [6.07, 6.45) is 8.62. The highest BCUT2D eigenvalue weighted by atomic mass is 31.1. The number of hydrogen-bond donors (Lipinski definition) is 0. The number of allylic oxidation sites excluding steroid dienone is 5. The van der Waals surface area contributed by atoms with Crippen LogP contribution in [-0.2, 0) is 0 Å². The largest absolute Gasteiger partial charge is 0.215 e. The van der Waals surface area contributed by atoms with Gasteiger partial charge in [0.2, 0.25) is 0 Å². The maximum Gasteiger partial charge on any atom is 0.0908 e. The van der Waals surface area contributed by atoms with Crippen molar-refractivity contribution in [1.29, 1.82) is 0 Å². The number of hydrogen-bond acceptors (Lipinski definition) is 0. The highest BCUT2D eigenvalue weighted by Gasteiger charge is 2.25. The molecule has 0 spiro atoms. The van der Waals surface area contributed by atoms with Gasteiger partial charge in [0.25, 0.3) is 0 Å². The summed E-state index contributed by atoms with van der Waals surface area (Å²) in [4.78, 5) is 0. The van der Waals surface area contributed by atoms with Crippen molar-refractivity contribution in [2.24, 2.45) is 0 Å². The molecule has 2 aromatic carbocycles. The van der Waals surface area contributed by atoms with Gasteiger partial charge in [-0.2, -0.15) is 0 Å². The van der Waals surface area contributed by atoms with Gasteiger partial charge in [-0.3, -0.25) is 0 Å². The van der Waals surface area contributed by atoms with E-state index >= 15 is 0 Å². The summed E-state index contributed by atoms with van der Waals surface area (Å²) in [7, 11) is -0.661. The lowest BCUT2D eigenvalue weighted by molar-refractivity contribution is 0.710. The molecule has 104 valence electrons. The van der Waals surface area contributed by atoms with Gasteiger partial charge in [0.15, 0.2) is 0 Å². The molecule has 0 nitrogen and oxygen atoms in total. The first-order chi connectivity index (χ1) is 10.4. The highest BCUT2D eigenvalue weighted by Crippen LogP contribution is 2.45. The van der Waals surface area contributed by atoms with Crippen molar-refractivity contribution in [2.75, 3.05) is 0 Å². The molecule has 0 fully saturated rings. The van der Waals surface area contributed by atoms with Crippen molar-refractivity contribution in [3.63, 3.8) is 0 Å². The number of benzene rings is 2. The van der Waals surface area contributed by atoms with E-state index in [1.54, 1.807) is 0 Å². The minimum Gasteiger partial charge on any atom is -0.215 e. The van der Waals surface area contributed by atoms with Gasteiger partial charge in [-0.25, -0.2) is 4.39 Å². The summed E-state index contributed by atoms with van der Waals surface area (Å²) in [5, 5.41) is 2.53. The van der Waals surface area contributed by atoms with Crippen LogP contribution in [0.25, 0.3) is 0 Å². The van der Waals surface area contributed by atoms with E-state index in [1.807, 2.05) is 30.4 Å². The Morgan fingerprint density at radius 2 is 1.38 bits per heavy atom. The first-order valence-corrected chi connectivity index (χ1v) is 8.36. The minimum absolute atomic E-state index is 0.0831. The van der Waals surface area contributed by atoms with E-state index in [0.717, 1.165) is 11.9 Å². The van der Waals surface area contributed by atoms with Gasteiger partial charge < -0.3 is 0 Å². The predicted octanol–water partition coefficient (Wildman–Crippen LogP) is 4.47. The molecule has 1 aliphatic rings. The maximum absolute atomic E-state index is 13.3. The Morgan fingerprint density at radius 1 is 0.810 bits per heavy atom. The number of halogens is 1. The lowest BCUT2D eigenvalue weighted by atomic mass is 10.1. The third-order valence-electron chi connectivity index (χ3n) is 3.51. The lowest BCUT2D eigenvalue weighted by Crippen LogP contribution is -2.22. The van der Waals surface area contributed by atoms with Gasteiger partial charge in [0.05, 0.1) is 6.33 Å². The van der Waals surface area contributed by atoms with Crippen molar-refractivity contribution in [2.45, 2.75) is 5.66 Å². The Kier molecular flexibility index (Phi) is 4.43. The van der Waals surface area contributed by atoms with Crippen molar-refractivity contribution in [3.8, 4) is 0 Å². The first-order valence-electron chi connectivity index (χ1n) is 6.94. The van der Waals surface area contributed by atoms with Crippen molar-refractivity contribution in [1.82, 2.24) is 0 Å². The maximum atomic E-state index is 13.3. The van der Waals surface area contributed by atoms with E-state index in [0.29, 0.717) is 0 Å². The molecule has 0 aliphatic heterocycles. The van der Waals surface area contributed by atoms with Crippen LogP contribution < -0.4 is 10.6 Å². The summed E-state index contributed by atoms with van der Waals surface area (Å²) in [6.45, 7) is 0. The highest BCUT2D eigenvalue weighted by molar-refractivity contribution is 7.74. The Labute approximate surface area is 126 Å². The predicted molar refractivity (Wildman–Crippen MR) is 90.3 cm³/mol. The van der Waals surface area contributed by atoms with Gasteiger partial charge in [-0.15, -0.1) is 0 Å². The minimum atomic E-state index is -0.661. The molecule has 0 radical (unpaired) electrons. The molecule has 0 saturated carbocycles. The van der Waals surface area contributed by atoms with Crippen LogP contribution in [0.5, 0.6) is 0 Å². The molecule has 0 heterocycles. The molecule has 0 amide bonds. The van der Waals surface area contributed by atoms with E-state index in [9.17, 15) is 4.39 Å². The van der Waals surface area contributed by atoms with Crippen LogP contribution in [0.15, 0.2) is 96.9 Å². The third-order valence-corrected chi connectivity index (χ3v) is 6.24. The van der Waals surface area contributed by atoms with Crippen molar-refractivity contribution in [3.05, 3.63) is 96.9 Å². The summed E-state index contributed by atoms with van der Waals surface area (Å²) < 4.78 is 13.3. The van der Waals surface area contributed by atoms with Crippen LogP contribution in [0.2, 0.25) is 0 Å². The molecular weight excluding hydrogens is 278 g/mol. The van der Waals surface area contributed by atoms with Crippen LogP contribution in [-0.4, -0.2) is 5.66 Å². The summed E-state index contributed by atoms with van der Waals surface area (Å²) in [5.74, 6) is 0. The summed E-state index contributed by atoms with van der Waals surface area (Å²) >= 11 is 0. The van der Waals surface area contributed by atoms with Crippen LogP contribution >= 0.6 is 7.92 Å². The molecule has 0 aromatic heterocycles. The zero-order chi connectivity index (χ0) is 14.5. The summed E-state index contributed by atoms with van der Waals surface area (Å²) in [5.41, 5.74) is 0.830. The summed E-state index contributed by atoms with van der Waals surface area (Å²) in [6, 6.07) is 20.8. The van der Waals surface area contributed by atoms with Crippen LogP contribution in [0.3, 0.4) is 0 Å². The fraction of sp³-hybridized carbons (Fsp3) is 0.0526. The van der Waals surface area contributed by atoms with E-state index in [2.05, 4.69) is 54.6 Å². The van der Waals surface area contributed by atoms with Gasteiger partial charge in [-0.1, -0.05) is 85.0 Å². The van der Waals surface area contributed by atoms with E-state index in [-0.39, 0.29) is 5.66 Å². The van der Waals surface area contributed by atoms with Gasteiger partial charge in [0.1, 0.15) is 0 Å². The molecule has 1 aliphatic carbocycles. The van der Waals surface area contributed by atoms with Crippen LogP contribution in [0.4, 0.5) is 4.39 Å². The Balaban J connectivity index is 2.09. The van der Waals surface area contributed by atoms with Crippen LogP contribution in [0, 0.1) is 0 Å². The van der Waals surface area contributed by atoms with Gasteiger partial charge >= 0.3 is 0 Å². The number of rotatable bonds is 3. The van der Waals surface area contributed by atoms with Gasteiger partial charge in [-0.05, 0) is 24.1 Å². The molecule has 21 heavy (non-hydrogen) atoms. The normalized spacial score (nSPS) is 19.3. The molecule has 2 heteroatoms.